The number of hydrogen-bond donors (Lipinski definition) is 0. The van der Waals surface area contributed by atoms with E-state index in [1.54, 1.807) is 0 Å². The fraction of sp³-hybridized carbons (Fsp3) is 0.500. The van der Waals surface area contributed by atoms with Gasteiger partial charge in [-0.3, -0.25) is 4.79 Å². The second-order valence-corrected chi connectivity index (χ2v) is 3.77. The number of hydrogen-bond acceptors (Lipinski definition) is 3. The Morgan fingerprint density at radius 2 is 1.93 bits per heavy atom. The Balaban J connectivity index is 2.81. The molecule has 15 heavy (non-hydrogen) atoms. The maximum atomic E-state index is 11.7. The molecule has 0 saturated heterocycles. The monoisotopic (exact) mass is 208 g/mol. The Bertz CT molecular complexity index is 301. The molecule has 0 radical (unpaired) electrons. The van der Waals surface area contributed by atoms with Crippen LogP contribution in [0, 0.1) is 5.41 Å². The summed E-state index contributed by atoms with van der Waals surface area (Å²) in [4.78, 5) is 22.6. The minimum atomic E-state index is -0.724. The molecule has 82 valence electrons. The summed E-state index contributed by atoms with van der Waals surface area (Å²) in [6.45, 7) is 1.53. The highest BCUT2D eigenvalue weighted by Gasteiger charge is 2.34. The molecule has 0 unspecified atom stereocenters. The van der Waals surface area contributed by atoms with Crippen LogP contribution in [0.5, 0.6) is 0 Å². The van der Waals surface area contributed by atoms with Crippen molar-refractivity contribution < 1.29 is 14.3 Å². The topological polar surface area (TPSA) is 43.4 Å². The number of allylic oxidation sites excluding steroid dienone is 2. The Labute approximate surface area is 89.8 Å². The van der Waals surface area contributed by atoms with Gasteiger partial charge < -0.3 is 9.53 Å². The maximum Gasteiger partial charge on any atom is 0.319 e. The number of carbonyl (C=O) groups excluding carboxylic acids is 2. The van der Waals surface area contributed by atoms with Gasteiger partial charge in [-0.05, 0) is 19.8 Å². The predicted octanol–water partition coefficient (Wildman–Crippen LogP) is 2.03. The van der Waals surface area contributed by atoms with Gasteiger partial charge in [0.2, 0.25) is 0 Å². The average Bonchev–Trinajstić information content (AvgIpc) is 2.26. The number of ketones is 1. The summed E-state index contributed by atoms with van der Waals surface area (Å²) in [5.74, 6) is -0.207. The molecule has 0 aromatic carbocycles. The molecule has 0 saturated carbocycles. The van der Waals surface area contributed by atoms with E-state index in [2.05, 4.69) is 0 Å². The Morgan fingerprint density at radius 3 is 2.40 bits per heavy atom. The number of rotatable bonds is 4. The molecule has 0 amide bonds. The van der Waals surface area contributed by atoms with Crippen LogP contribution in [0.1, 0.15) is 26.2 Å². The van der Waals surface area contributed by atoms with Crippen molar-refractivity contribution >= 4 is 11.8 Å². The molecular weight excluding hydrogens is 192 g/mol. The van der Waals surface area contributed by atoms with E-state index in [0.29, 0.717) is 12.8 Å². The van der Waals surface area contributed by atoms with Crippen molar-refractivity contribution in [1.29, 1.82) is 0 Å². The number of Topliss-reactive ketones (excluding diaryl/α,β-unsaturated/α-hetero) is 1. The van der Waals surface area contributed by atoms with Crippen LogP contribution in [0.4, 0.5) is 0 Å². The van der Waals surface area contributed by atoms with Crippen LogP contribution in [0.3, 0.4) is 0 Å². The molecule has 3 nitrogen and oxygen atoms in total. The molecular formula is C12H16O3. The van der Waals surface area contributed by atoms with Crippen LogP contribution in [0.25, 0.3) is 0 Å². The first-order valence-electron chi connectivity index (χ1n) is 5.04. The number of carbonyl (C=O) groups is 2. The second kappa shape index (κ2) is 4.91. The first kappa shape index (κ1) is 11.7. The molecule has 1 aliphatic carbocycles. The normalized spacial score (nSPS) is 17.5. The van der Waals surface area contributed by atoms with E-state index in [1.807, 2.05) is 24.3 Å². The standard InChI is InChI=1S/C12H16O3/c1-10(13)6-9-12(11(14)15-2)7-4-3-5-8-12/h4-5,7-8H,3,6,9H2,1-2H3. The van der Waals surface area contributed by atoms with E-state index in [1.165, 1.54) is 14.0 Å². The summed E-state index contributed by atoms with van der Waals surface area (Å²) in [7, 11) is 1.37. The molecule has 0 aromatic heterocycles. The van der Waals surface area contributed by atoms with Crippen molar-refractivity contribution in [3.8, 4) is 0 Å². The van der Waals surface area contributed by atoms with Gasteiger partial charge in [-0.25, -0.2) is 0 Å². The average molecular weight is 208 g/mol. The molecule has 1 aliphatic rings. The highest BCUT2D eigenvalue weighted by molar-refractivity contribution is 5.83. The van der Waals surface area contributed by atoms with Crippen molar-refractivity contribution in [3.63, 3.8) is 0 Å². The first-order chi connectivity index (χ1) is 7.10. The summed E-state index contributed by atoms with van der Waals surface area (Å²) < 4.78 is 4.77. The largest absolute Gasteiger partial charge is 0.468 e. The number of esters is 1. The van der Waals surface area contributed by atoms with Gasteiger partial charge in [-0.15, -0.1) is 0 Å². The molecule has 0 atom stereocenters. The third kappa shape index (κ3) is 2.78. The van der Waals surface area contributed by atoms with Crippen LogP contribution in [0.15, 0.2) is 24.3 Å². The second-order valence-electron chi connectivity index (χ2n) is 3.77. The van der Waals surface area contributed by atoms with Crippen LogP contribution in [-0.2, 0) is 14.3 Å². The lowest BCUT2D eigenvalue weighted by molar-refractivity contribution is -0.147. The van der Waals surface area contributed by atoms with Gasteiger partial charge in [0.1, 0.15) is 11.2 Å². The fourth-order valence-corrected chi connectivity index (χ4v) is 1.67. The van der Waals surface area contributed by atoms with Gasteiger partial charge >= 0.3 is 5.97 Å². The van der Waals surface area contributed by atoms with Crippen LogP contribution < -0.4 is 0 Å². The lowest BCUT2D eigenvalue weighted by Crippen LogP contribution is -2.29. The maximum absolute atomic E-state index is 11.7. The van der Waals surface area contributed by atoms with E-state index >= 15 is 0 Å². The third-order valence-electron chi connectivity index (χ3n) is 2.56. The Kier molecular flexibility index (Phi) is 3.83. The van der Waals surface area contributed by atoms with Crippen molar-refractivity contribution in [2.45, 2.75) is 26.2 Å². The highest BCUT2D eigenvalue weighted by Crippen LogP contribution is 2.32. The van der Waals surface area contributed by atoms with E-state index < -0.39 is 5.41 Å². The quantitative estimate of drug-likeness (QED) is 0.524. The van der Waals surface area contributed by atoms with Crippen LogP contribution in [0.2, 0.25) is 0 Å². The van der Waals surface area contributed by atoms with Crippen molar-refractivity contribution in [1.82, 2.24) is 0 Å². The Hall–Kier alpha value is -1.38. The summed E-state index contributed by atoms with van der Waals surface area (Å²) in [5.41, 5.74) is -0.724. The van der Waals surface area contributed by atoms with Gasteiger partial charge in [0, 0.05) is 6.42 Å². The predicted molar refractivity (Wildman–Crippen MR) is 57.3 cm³/mol. The SMILES string of the molecule is COC(=O)C1(CCC(C)=O)C=CCC=C1. The molecule has 0 fully saturated rings. The minimum Gasteiger partial charge on any atom is -0.468 e. The van der Waals surface area contributed by atoms with Gasteiger partial charge in [0.05, 0.1) is 7.11 Å². The summed E-state index contributed by atoms with van der Waals surface area (Å²) in [6.07, 6.45) is 9.24. The zero-order valence-corrected chi connectivity index (χ0v) is 9.16. The van der Waals surface area contributed by atoms with Crippen molar-refractivity contribution in [2.75, 3.05) is 7.11 Å². The summed E-state index contributed by atoms with van der Waals surface area (Å²) >= 11 is 0. The fourth-order valence-electron chi connectivity index (χ4n) is 1.67. The lowest BCUT2D eigenvalue weighted by Gasteiger charge is -2.25. The number of methoxy groups -OCH3 is 1. The van der Waals surface area contributed by atoms with Crippen LogP contribution >= 0.6 is 0 Å². The van der Waals surface area contributed by atoms with E-state index in [0.717, 1.165) is 6.42 Å². The summed E-state index contributed by atoms with van der Waals surface area (Å²) in [5, 5.41) is 0. The smallest absolute Gasteiger partial charge is 0.319 e. The first-order valence-corrected chi connectivity index (χ1v) is 5.04. The minimum absolute atomic E-state index is 0.0886. The van der Waals surface area contributed by atoms with Gasteiger partial charge in [-0.2, -0.15) is 0 Å². The van der Waals surface area contributed by atoms with Crippen molar-refractivity contribution in [3.05, 3.63) is 24.3 Å². The molecule has 0 N–H and O–H groups in total. The van der Waals surface area contributed by atoms with Crippen LogP contribution in [-0.4, -0.2) is 18.9 Å². The van der Waals surface area contributed by atoms with Crippen molar-refractivity contribution in [2.24, 2.45) is 5.41 Å². The van der Waals surface area contributed by atoms with E-state index in [4.69, 9.17) is 4.74 Å². The zero-order valence-electron chi connectivity index (χ0n) is 9.16. The molecule has 3 heteroatoms. The van der Waals surface area contributed by atoms with Gasteiger partial charge in [-0.1, -0.05) is 24.3 Å². The number of ether oxygens (including phenoxy) is 1. The molecule has 0 bridgehead atoms. The molecule has 0 aromatic rings. The molecule has 1 rings (SSSR count). The van der Waals surface area contributed by atoms with E-state index in [9.17, 15) is 9.59 Å². The van der Waals surface area contributed by atoms with E-state index in [-0.39, 0.29) is 11.8 Å². The zero-order chi connectivity index (χ0) is 11.3. The third-order valence-corrected chi connectivity index (χ3v) is 2.56. The lowest BCUT2D eigenvalue weighted by atomic mass is 9.79. The van der Waals surface area contributed by atoms with Gasteiger partial charge in [0.15, 0.2) is 0 Å². The molecule has 0 aliphatic heterocycles. The molecule has 0 spiro atoms. The van der Waals surface area contributed by atoms with Gasteiger partial charge in [0.25, 0.3) is 0 Å². The molecule has 0 heterocycles. The summed E-state index contributed by atoms with van der Waals surface area (Å²) in [6, 6.07) is 0. The Morgan fingerprint density at radius 1 is 1.33 bits per heavy atom. The highest BCUT2D eigenvalue weighted by atomic mass is 16.5.